The third kappa shape index (κ3) is 3.69. The van der Waals surface area contributed by atoms with Crippen LogP contribution in [0.25, 0.3) is 0 Å². The summed E-state index contributed by atoms with van der Waals surface area (Å²) >= 11 is 1.86. The van der Waals surface area contributed by atoms with Crippen molar-refractivity contribution in [1.29, 1.82) is 0 Å². The van der Waals surface area contributed by atoms with Crippen LogP contribution in [0.3, 0.4) is 0 Å². The van der Waals surface area contributed by atoms with Crippen LogP contribution in [-0.4, -0.2) is 23.1 Å². The van der Waals surface area contributed by atoms with Gasteiger partial charge in [0.2, 0.25) is 5.91 Å². The minimum Gasteiger partial charge on any atom is -0.489 e. The van der Waals surface area contributed by atoms with Crippen LogP contribution in [0, 0.1) is 5.92 Å². The van der Waals surface area contributed by atoms with Gasteiger partial charge in [0, 0.05) is 18.2 Å². The van der Waals surface area contributed by atoms with E-state index in [4.69, 9.17) is 4.74 Å². The molecule has 0 spiro atoms. The summed E-state index contributed by atoms with van der Waals surface area (Å²) in [5.41, 5.74) is 2.32. The van der Waals surface area contributed by atoms with Gasteiger partial charge in [0.25, 0.3) is 0 Å². The van der Waals surface area contributed by atoms with E-state index in [-0.39, 0.29) is 11.3 Å². The van der Waals surface area contributed by atoms with E-state index in [0.29, 0.717) is 12.5 Å². The molecule has 1 atom stereocenters. The Morgan fingerprint density at radius 2 is 1.96 bits per heavy atom. The van der Waals surface area contributed by atoms with Crippen molar-refractivity contribution in [3.8, 4) is 5.75 Å². The molecule has 1 saturated heterocycles. The van der Waals surface area contributed by atoms with Gasteiger partial charge in [-0.05, 0) is 36.1 Å². The Balaban J connectivity index is 1.45. The van der Waals surface area contributed by atoms with Gasteiger partial charge in [0.15, 0.2) is 0 Å². The van der Waals surface area contributed by atoms with Crippen molar-refractivity contribution in [2.75, 3.05) is 12.3 Å². The van der Waals surface area contributed by atoms with E-state index in [0.717, 1.165) is 36.5 Å². The molecule has 0 radical (unpaired) electrons. The number of amides is 1. The normalized spacial score (nSPS) is 20.3. The Bertz CT molecular complexity index is 730. The Hall–Kier alpha value is -1.94. The summed E-state index contributed by atoms with van der Waals surface area (Å²) in [7, 11) is 0. The fraction of sp³-hybridized carbons (Fsp3) is 0.381. The van der Waals surface area contributed by atoms with Gasteiger partial charge >= 0.3 is 0 Å². The van der Waals surface area contributed by atoms with E-state index in [1.807, 2.05) is 42.1 Å². The molecule has 0 bridgehead atoms. The first-order valence-corrected chi connectivity index (χ1v) is 10.0. The molecule has 2 aromatic carbocycles. The van der Waals surface area contributed by atoms with Crippen molar-refractivity contribution in [1.82, 2.24) is 4.90 Å². The molecule has 2 fully saturated rings. The second-order valence-electron chi connectivity index (χ2n) is 6.73. The highest BCUT2D eigenvalue weighted by Crippen LogP contribution is 2.41. The molecule has 0 aromatic heterocycles. The lowest BCUT2D eigenvalue weighted by Gasteiger charge is -2.32. The molecule has 1 saturated carbocycles. The molecule has 1 heterocycles. The first-order valence-electron chi connectivity index (χ1n) is 9.00. The third-order valence-corrected chi connectivity index (χ3v) is 6.28. The minimum absolute atomic E-state index is 0.133. The van der Waals surface area contributed by atoms with Crippen molar-refractivity contribution in [3.63, 3.8) is 0 Å². The van der Waals surface area contributed by atoms with Crippen LogP contribution in [0.4, 0.5) is 0 Å². The average molecular weight is 353 g/mol. The van der Waals surface area contributed by atoms with E-state index in [9.17, 15) is 4.79 Å². The summed E-state index contributed by atoms with van der Waals surface area (Å²) in [4.78, 5) is 14.8. The molecular weight excluding hydrogens is 330 g/mol. The van der Waals surface area contributed by atoms with E-state index in [2.05, 4.69) is 29.2 Å². The number of hydrogen-bond donors (Lipinski definition) is 0. The fourth-order valence-electron chi connectivity index (χ4n) is 3.36. The molecule has 4 rings (SSSR count). The molecule has 25 heavy (non-hydrogen) atoms. The van der Waals surface area contributed by atoms with Crippen LogP contribution in [0.1, 0.15) is 35.8 Å². The third-order valence-electron chi connectivity index (χ3n) is 5.02. The molecule has 0 N–H and O–H groups in total. The quantitative estimate of drug-likeness (QED) is 0.784. The number of nitrogens with zero attached hydrogens (tertiary/aromatic N) is 1. The monoisotopic (exact) mass is 353 g/mol. The van der Waals surface area contributed by atoms with Gasteiger partial charge in [0.1, 0.15) is 17.7 Å². The van der Waals surface area contributed by atoms with Gasteiger partial charge in [-0.2, -0.15) is 0 Å². The highest BCUT2D eigenvalue weighted by atomic mass is 32.2. The first kappa shape index (κ1) is 16.5. The number of carbonyl (C=O) groups is 1. The van der Waals surface area contributed by atoms with Gasteiger partial charge in [-0.15, -0.1) is 11.8 Å². The number of ether oxygens (including phenoxy) is 1. The molecule has 3 nitrogen and oxygen atoms in total. The number of benzene rings is 2. The van der Waals surface area contributed by atoms with Crippen molar-refractivity contribution >= 4 is 17.7 Å². The highest BCUT2D eigenvalue weighted by molar-refractivity contribution is 7.99. The van der Waals surface area contributed by atoms with Crippen molar-refractivity contribution in [3.05, 3.63) is 65.7 Å². The Morgan fingerprint density at radius 1 is 1.12 bits per heavy atom. The SMILES string of the molecule is O=C(C1CCC1)N1CCSC1c1cccc(OCc2ccccc2)c1. The Kier molecular flexibility index (Phi) is 4.97. The molecule has 1 aliphatic heterocycles. The van der Waals surface area contributed by atoms with Gasteiger partial charge in [-0.1, -0.05) is 48.9 Å². The van der Waals surface area contributed by atoms with E-state index in [1.54, 1.807) is 0 Å². The second kappa shape index (κ2) is 7.52. The molecule has 130 valence electrons. The number of hydrogen-bond acceptors (Lipinski definition) is 3. The van der Waals surface area contributed by atoms with E-state index >= 15 is 0 Å². The first-order chi connectivity index (χ1) is 12.3. The zero-order chi connectivity index (χ0) is 17.1. The smallest absolute Gasteiger partial charge is 0.226 e. The summed E-state index contributed by atoms with van der Waals surface area (Å²) in [5, 5.41) is 0.133. The van der Waals surface area contributed by atoms with Crippen LogP contribution < -0.4 is 4.74 Å². The van der Waals surface area contributed by atoms with Gasteiger partial charge in [-0.25, -0.2) is 0 Å². The lowest BCUT2D eigenvalue weighted by atomic mass is 9.84. The van der Waals surface area contributed by atoms with Crippen LogP contribution in [0.15, 0.2) is 54.6 Å². The lowest BCUT2D eigenvalue weighted by molar-refractivity contribution is -0.138. The van der Waals surface area contributed by atoms with E-state index < -0.39 is 0 Å². The zero-order valence-corrected chi connectivity index (χ0v) is 15.1. The largest absolute Gasteiger partial charge is 0.489 e. The number of rotatable bonds is 5. The molecular formula is C21H23NO2S. The summed E-state index contributed by atoms with van der Waals surface area (Å²) in [5.74, 6) is 2.48. The van der Waals surface area contributed by atoms with Crippen molar-refractivity contribution in [2.24, 2.45) is 5.92 Å². The topological polar surface area (TPSA) is 29.5 Å². The summed E-state index contributed by atoms with van der Waals surface area (Å²) in [6.45, 7) is 1.42. The Morgan fingerprint density at radius 3 is 2.72 bits per heavy atom. The molecule has 2 aromatic rings. The highest BCUT2D eigenvalue weighted by Gasteiger charge is 2.36. The summed E-state index contributed by atoms with van der Waals surface area (Å²) in [6.07, 6.45) is 3.32. The van der Waals surface area contributed by atoms with Crippen LogP contribution in [-0.2, 0) is 11.4 Å². The van der Waals surface area contributed by atoms with E-state index in [1.165, 1.54) is 12.0 Å². The number of carbonyl (C=O) groups excluding carboxylic acids is 1. The van der Waals surface area contributed by atoms with Crippen molar-refractivity contribution in [2.45, 2.75) is 31.2 Å². The maximum absolute atomic E-state index is 12.7. The minimum atomic E-state index is 0.133. The average Bonchev–Trinajstić information content (AvgIpc) is 3.09. The lowest BCUT2D eigenvalue weighted by Crippen LogP contribution is -2.38. The van der Waals surface area contributed by atoms with Crippen LogP contribution in [0.5, 0.6) is 5.75 Å². The molecule has 1 unspecified atom stereocenters. The predicted molar refractivity (Wildman–Crippen MR) is 101 cm³/mol. The second-order valence-corrected chi connectivity index (χ2v) is 7.92. The van der Waals surface area contributed by atoms with Gasteiger partial charge < -0.3 is 9.64 Å². The van der Waals surface area contributed by atoms with Crippen LogP contribution >= 0.6 is 11.8 Å². The molecule has 2 aliphatic rings. The molecule has 4 heteroatoms. The summed E-state index contributed by atoms with van der Waals surface area (Å²) in [6, 6.07) is 18.4. The molecule has 1 amide bonds. The van der Waals surface area contributed by atoms with Gasteiger partial charge in [0.05, 0.1) is 0 Å². The molecule has 1 aliphatic carbocycles. The Labute approximate surface area is 153 Å². The maximum Gasteiger partial charge on any atom is 0.226 e. The predicted octanol–water partition coefficient (Wildman–Crippen LogP) is 4.64. The maximum atomic E-state index is 12.7. The van der Waals surface area contributed by atoms with Gasteiger partial charge in [-0.3, -0.25) is 4.79 Å². The number of thioether (sulfide) groups is 1. The standard InChI is InChI=1S/C21H23NO2S/c23-20(17-8-4-9-17)22-12-13-25-21(22)18-10-5-11-19(14-18)24-15-16-6-2-1-3-7-16/h1-3,5-7,10-11,14,17,21H,4,8-9,12-13,15H2. The van der Waals surface area contributed by atoms with Crippen molar-refractivity contribution < 1.29 is 9.53 Å². The fourth-order valence-corrected chi connectivity index (χ4v) is 4.61. The van der Waals surface area contributed by atoms with Crippen LogP contribution in [0.2, 0.25) is 0 Å². The summed E-state index contributed by atoms with van der Waals surface area (Å²) < 4.78 is 5.96. The zero-order valence-electron chi connectivity index (χ0n) is 14.3.